The van der Waals surface area contributed by atoms with Gasteiger partial charge >= 0.3 is 17.9 Å². The van der Waals surface area contributed by atoms with E-state index in [0.717, 1.165) is 116 Å². The molecule has 0 aliphatic heterocycles. The molecule has 0 amide bonds. The average molecular weight is 1800 g/mol. The van der Waals surface area contributed by atoms with Gasteiger partial charge in [0.1, 0.15) is 16.8 Å². The number of carbonyl (C=O) groups is 3. The molecule has 12 heteroatoms. The zero-order valence-corrected chi connectivity index (χ0v) is 67.5. The second kappa shape index (κ2) is 30.5. The van der Waals surface area contributed by atoms with Crippen molar-refractivity contribution in [3.63, 3.8) is 0 Å². The Kier molecular flexibility index (Phi) is 26.0. The molecule has 14 aliphatic carbocycles. The quantitative estimate of drug-likeness (QED) is 0.0549. The minimum absolute atomic E-state index is 0. The van der Waals surface area contributed by atoms with Crippen LogP contribution in [0.25, 0.3) is 0 Å². The third-order valence-corrected chi connectivity index (χ3v) is 25.9. The van der Waals surface area contributed by atoms with Crippen LogP contribution in [0.1, 0.15) is 253 Å². The van der Waals surface area contributed by atoms with Crippen molar-refractivity contribution in [3.8, 4) is 0 Å². The Hall–Kier alpha value is 1.83. The van der Waals surface area contributed by atoms with Gasteiger partial charge in [-0.15, -0.1) is 0 Å². The maximum Gasteiger partial charge on any atom is 0.309 e. The molecule has 463 valence electrons. The van der Waals surface area contributed by atoms with E-state index in [1.54, 1.807) is 0 Å². The van der Waals surface area contributed by atoms with E-state index in [2.05, 4.69) is 71.1 Å². The van der Waals surface area contributed by atoms with E-state index in [4.69, 9.17) is 14.2 Å². The Labute approximate surface area is 616 Å². The van der Waals surface area contributed by atoms with Crippen LogP contribution in [0.2, 0.25) is 0 Å². The van der Waals surface area contributed by atoms with Crippen molar-refractivity contribution in [3.05, 3.63) is 36.5 Å². The molecule has 0 aromatic rings. The normalized spacial score (nSPS) is 41.9. The van der Waals surface area contributed by atoms with Gasteiger partial charge in [-0.05, 0) is 301 Å². The monoisotopic (exact) mass is 1800 g/mol. The number of hydrogen-bond acceptors (Lipinski definition) is 9. The summed E-state index contributed by atoms with van der Waals surface area (Å²) >= 11 is 0. The summed E-state index contributed by atoms with van der Waals surface area (Å²) in [5.74, 6) is 11.9. The first-order valence-electron chi connectivity index (χ1n) is 34.5. The molecule has 17 atom stereocenters. The van der Waals surface area contributed by atoms with Gasteiger partial charge < -0.3 is 29.5 Å². The molecule has 11 saturated carbocycles. The van der Waals surface area contributed by atoms with Crippen LogP contribution in [0.3, 0.4) is 0 Å². The summed E-state index contributed by atoms with van der Waals surface area (Å²) in [6.45, 7) is 12.8. The molecule has 0 heterocycles. The van der Waals surface area contributed by atoms with Crippen LogP contribution in [0.15, 0.2) is 36.5 Å². The van der Waals surface area contributed by atoms with Crippen molar-refractivity contribution < 1.29 is 176 Å². The SMILES string of the molecule is CC(C)(OC(=O)CC(O)CCCC1CC2C=CC1C2)C12CC3CC(CC(C3)C1)C2.CCC1(OC(=O)CC(C)(O)CCC2CC3C=CC2C3)CC2CCC1C2.CCC1(OC(=O)CC(O)CCC2CC3C=CC2C3)C2CCCC1CC(C)C2.[Ac].[Ac].[Ac]. The van der Waals surface area contributed by atoms with Gasteiger partial charge in [-0.1, -0.05) is 70.1 Å². The molecule has 11 fully saturated rings. The van der Waals surface area contributed by atoms with E-state index in [0.29, 0.717) is 41.9 Å². The number of fused-ring (bicyclic) bond motifs is 10. The smallest absolute Gasteiger partial charge is 0.309 e. The van der Waals surface area contributed by atoms with Crippen molar-refractivity contribution >= 4 is 17.9 Å². The maximum absolute atomic E-state index is 12.7. The summed E-state index contributed by atoms with van der Waals surface area (Å²) in [5, 5.41) is 31.7. The van der Waals surface area contributed by atoms with Gasteiger partial charge in [0.2, 0.25) is 0 Å². The first kappa shape index (κ1) is 71.7. The van der Waals surface area contributed by atoms with Gasteiger partial charge in [0.05, 0.1) is 37.1 Å². The molecule has 0 aromatic heterocycles. The van der Waals surface area contributed by atoms with Gasteiger partial charge in [-0.2, -0.15) is 0 Å². The molecule has 84 heavy (non-hydrogen) atoms. The standard InChI is InChI=1S/C26H40O3.C24H38O3.C22H34O3.3Ac/c1-25(2,26-14-18-8-19(15-26)10-20(9-18)16-26)29-24(28)13-23(27)5-3-4-21-11-17-6-7-22(21)12-17;1-3-24(20-5-4-6-21(24)12-16(2)11-20)27-23(26)15-22(25)10-9-19-14-17-7-8-18(19)13-17;1-3-22(13-16-5-7-19(22)12-16)25-20(23)14-21(2,24)9-8-18-11-15-4-6-17(18)10-15;;;/h6-7,17-23,27H,3-5,8-16H2,1-2H3;7-8,16-22,25H,3-6,9-15H2,1-2H3;4,6,15-19,24H,3,5,7-14H2,1-2H3;;;. The van der Waals surface area contributed by atoms with Gasteiger partial charge in [0, 0.05) is 138 Å². The topological polar surface area (TPSA) is 140 Å². The summed E-state index contributed by atoms with van der Waals surface area (Å²) in [6, 6.07) is 0. The van der Waals surface area contributed by atoms with E-state index in [1.807, 2.05) is 6.92 Å². The Morgan fingerprint density at radius 1 is 0.548 bits per heavy atom. The van der Waals surface area contributed by atoms with Crippen molar-refractivity contribution in [2.24, 2.45) is 106 Å². The number of ether oxygens (including phenoxy) is 3. The van der Waals surface area contributed by atoms with Crippen LogP contribution in [-0.2, 0) is 28.6 Å². The number of rotatable bonds is 22. The van der Waals surface area contributed by atoms with Crippen molar-refractivity contribution in [2.45, 2.75) is 288 Å². The van der Waals surface area contributed by atoms with E-state index in [-0.39, 0.29) is 186 Å². The molecule has 9 nitrogen and oxygen atoms in total. The number of aliphatic hydroxyl groups excluding tert-OH is 2. The Morgan fingerprint density at radius 2 is 1.07 bits per heavy atom. The first-order valence-corrected chi connectivity index (χ1v) is 34.5. The summed E-state index contributed by atoms with van der Waals surface area (Å²) in [7, 11) is 0. The number of hydrogen-bond donors (Lipinski definition) is 3. The molecule has 14 rings (SSSR count). The van der Waals surface area contributed by atoms with Gasteiger partial charge in [0.15, 0.2) is 0 Å². The minimum Gasteiger partial charge on any atom is -0.459 e. The van der Waals surface area contributed by atoms with Crippen molar-refractivity contribution in [1.29, 1.82) is 0 Å². The molecule has 0 saturated heterocycles. The Balaban J connectivity index is 0.000000162. The third kappa shape index (κ3) is 16.7. The number of carbonyl (C=O) groups excluding carboxylic acids is 3. The second-order valence-corrected chi connectivity index (χ2v) is 31.9. The largest absolute Gasteiger partial charge is 0.459 e. The van der Waals surface area contributed by atoms with Crippen LogP contribution < -0.4 is 0 Å². The molecular formula is C72H112Ac3O9. The van der Waals surface area contributed by atoms with Crippen LogP contribution in [0.5, 0.6) is 0 Å². The molecule has 14 aliphatic rings. The fourth-order valence-electron chi connectivity index (χ4n) is 22.0. The zero-order valence-electron chi connectivity index (χ0n) is 53.3. The third-order valence-electron chi connectivity index (χ3n) is 25.9. The number of esters is 3. The van der Waals surface area contributed by atoms with E-state index < -0.39 is 23.4 Å². The Bertz CT molecular complexity index is 2250. The summed E-state index contributed by atoms with van der Waals surface area (Å²) < 4.78 is 18.4. The zero-order chi connectivity index (χ0) is 56.9. The van der Waals surface area contributed by atoms with E-state index >= 15 is 0 Å². The van der Waals surface area contributed by atoms with Crippen LogP contribution in [0, 0.1) is 238 Å². The second-order valence-electron chi connectivity index (χ2n) is 31.9. The fourth-order valence-corrected chi connectivity index (χ4v) is 22.0. The van der Waals surface area contributed by atoms with E-state index in [9.17, 15) is 29.7 Å². The van der Waals surface area contributed by atoms with Crippen molar-refractivity contribution in [2.75, 3.05) is 0 Å². The fraction of sp³-hybridized carbons (Fsp3) is 0.875. The molecule has 14 bridgehead atoms. The molecule has 3 N–H and O–H groups in total. The predicted molar refractivity (Wildman–Crippen MR) is 319 cm³/mol. The van der Waals surface area contributed by atoms with Crippen LogP contribution in [-0.4, -0.2) is 67.8 Å². The molecular weight excluding hydrogens is 1690 g/mol. The van der Waals surface area contributed by atoms with Crippen molar-refractivity contribution in [1.82, 2.24) is 0 Å². The minimum atomic E-state index is -0.935. The molecule has 0 aromatic carbocycles. The molecule has 3 radical (unpaired) electrons. The summed E-state index contributed by atoms with van der Waals surface area (Å²) in [5.41, 5.74) is -1.65. The first-order chi connectivity index (χ1) is 38.7. The van der Waals surface area contributed by atoms with Gasteiger partial charge in [-0.3, -0.25) is 14.4 Å². The van der Waals surface area contributed by atoms with Gasteiger partial charge in [-0.25, -0.2) is 0 Å². The predicted octanol–water partition coefficient (Wildman–Crippen LogP) is 15.6. The molecule has 17 unspecified atom stereocenters. The van der Waals surface area contributed by atoms with Crippen LogP contribution >= 0.6 is 0 Å². The summed E-state index contributed by atoms with van der Waals surface area (Å²) in [6.07, 6.45) is 48.5. The summed E-state index contributed by atoms with van der Waals surface area (Å²) in [4.78, 5) is 38.0. The van der Waals surface area contributed by atoms with E-state index in [1.165, 1.54) is 135 Å². The van der Waals surface area contributed by atoms with Crippen LogP contribution in [0.4, 0.5) is 0 Å². The number of allylic oxidation sites excluding steroid dienone is 6. The maximum atomic E-state index is 12.7. The number of aliphatic hydroxyl groups is 3. The molecule has 0 spiro atoms. The Morgan fingerprint density at radius 3 is 1.55 bits per heavy atom. The van der Waals surface area contributed by atoms with Gasteiger partial charge in [0.25, 0.3) is 0 Å². The average Bonchev–Trinajstić information content (AvgIpc) is 2.54.